The lowest BCUT2D eigenvalue weighted by Crippen LogP contribution is -2.41. The maximum absolute atomic E-state index is 11.7. The summed E-state index contributed by atoms with van der Waals surface area (Å²) in [6, 6.07) is 0. The number of hydrogen-bond acceptors (Lipinski definition) is 2. The molecule has 1 N–H and O–H groups in total. The van der Waals surface area contributed by atoms with Crippen LogP contribution in [0, 0.1) is 23.2 Å². The van der Waals surface area contributed by atoms with Crippen LogP contribution in [0.3, 0.4) is 0 Å². The summed E-state index contributed by atoms with van der Waals surface area (Å²) in [5, 5.41) is 10.2. The van der Waals surface area contributed by atoms with Gasteiger partial charge in [-0.05, 0) is 79.8 Å². The van der Waals surface area contributed by atoms with Crippen molar-refractivity contribution in [1.82, 2.24) is 0 Å². The predicted octanol–water partition coefficient (Wildman–Crippen LogP) is 4.19. The minimum absolute atomic E-state index is 0.185. The monoisotopic (exact) mass is 300 g/mol. The zero-order valence-corrected chi connectivity index (χ0v) is 13.9. The Morgan fingerprint density at radius 1 is 1.23 bits per heavy atom. The van der Waals surface area contributed by atoms with Gasteiger partial charge in [-0.25, -0.2) is 0 Å². The van der Waals surface area contributed by atoms with Crippen LogP contribution in [0.15, 0.2) is 22.8 Å². The molecule has 0 radical (unpaired) electrons. The van der Waals surface area contributed by atoms with E-state index in [1.807, 2.05) is 6.92 Å². The van der Waals surface area contributed by atoms with Gasteiger partial charge in [-0.1, -0.05) is 18.6 Å². The van der Waals surface area contributed by atoms with Gasteiger partial charge in [0.15, 0.2) is 0 Å². The van der Waals surface area contributed by atoms with E-state index < -0.39 is 0 Å². The predicted molar refractivity (Wildman–Crippen MR) is 87.3 cm³/mol. The van der Waals surface area contributed by atoms with Crippen molar-refractivity contribution in [2.45, 2.75) is 71.3 Å². The second-order valence-corrected chi connectivity index (χ2v) is 8.34. The molecule has 0 unspecified atom stereocenters. The van der Waals surface area contributed by atoms with Crippen molar-refractivity contribution in [3.63, 3.8) is 0 Å². The number of hydrogen-bond donors (Lipinski definition) is 1. The van der Waals surface area contributed by atoms with Crippen LogP contribution in [0.5, 0.6) is 0 Å². The number of carbonyl (C=O) groups excluding carboxylic acids is 1. The Kier molecular flexibility index (Phi) is 3.38. The third-order valence-corrected chi connectivity index (χ3v) is 7.31. The topological polar surface area (TPSA) is 37.3 Å². The molecule has 0 aromatic rings. The summed E-state index contributed by atoms with van der Waals surface area (Å²) < 4.78 is 0. The minimum Gasteiger partial charge on any atom is -0.393 e. The first-order valence-electron chi connectivity index (χ1n) is 9.12. The van der Waals surface area contributed by atoms with E-state index in [4.69, 9.17) is 0 Å². The summed E-state index contributed by atoms with van der Waals surface area (Å²) in [7, 11) is 0. The van der Waals surface area contributed by atoms with Crippen LogP contribution in [0.1, 0.15) is 65.2 Å². The molecular formula is C20H28O2. The van der Waals surface area contributed by atoms with Crippen molar-refractivity contribution in [2.75, 3.05) is 0 Å². The second-order valence-electron chi connectivity index (χ2n) is 8.34. The highest BCUT2D eigenvalue weighted by atomic mass is 16.3. The van der Waals surface area contributed by atoms with E-state index in [1.54, 1.807) is 11.1 Å². The zero-order valence-electron chi connectivity index (χ0n) is 13.9. The Morgan fingerprint density at radius 3 is 2.82 bits per heavy atom. The summed E-state index contributed by atoms with van der Waals surface area (Å²) in [6.07, 6.45) is 10.7. The number of ketones is 1. The van der Waals surface area contributed by atoms with E-state index >= 15 is 0 Å². The molecule has 0 aliphatic heterocycles. The number of Topliss-reactive ketones (excluding diaryl/α,β-unsaturated/α-hetero) is 1. The molecule has 2 nitrogen and oxygen atoms in total. The fourth-order valence-corrected chi connectivity index (χ4v) is 6.24. The molecule has 0 amide bonds. The fourth-order valence-electron chi connectivity index (χ4n) is 6.24. The van der Waals surface area contributed by atoms with Crippen molar-refractivity contribution in [3.05, 3.63) is 22.8 Å². The van der Waals surface area contributed by atoms with Crippen molar-refractivity contribution < 1.29 is 9.90 Å². The standard InChI is InChI=1S/C20H28O2/c1-12(21)18-7-8-19-17-5-3-13-11-14(22)4-6-15(13)16(17)9-10-20(18,19)2/h9,12,17-19,21H,3-8,10-11H2,1-2H3/t12-,17+,18+,19+,20+/m0/s1. The number of fused-ring (bicyclic) bond motifs is 4. The van der Waals surface area contributed by atoms with Gasteiger partial charge < -0.3 is 5.11 Å². The average molecular weight is 300 g/mol. The van der Waals surface area contributed by atoms with Gasteiger partial charge in [-0.15, -0.1) is 0 Å². The lowest BCUT2D eigenvalue weighted by molar-refractivity contribution is -0.118. The molecule has 4 aliphatic carbocycles. The van der Waals surface area contributed by atoms with Crippen LogP contribution >= 0.6 is 0 Å². The Morgan fingerprint density at radius 2 is 2.05 bits per heavy atom. The number of aliphatic hydroxyl groups excluding tert-OH is 1. The van der Waals surface area contributed by atoms with Crippen molar-refractivity contribution >= 4 is 5.78 Å². The number of allylic oxidation sites excluding steroid dienone is 4. The maximum Gasteiger partial charge on any atom is 0.137 e. The molecule has 22 heavy (non-hydrogen) atoms. The van der Waals surface area contributed by atoms with Crippen molar-refractivity contribution in [3.8, 4) is 0 Å². The van der Waals surface area contributed by atoms with Crippen LogP contribution in [0.4, 0.5) is 0 Å². The van der Waals surface area contributed by atoms with Gasteiger partial charge in [0, 0.05) is 12.8 Å². The van der Waals surface area contributed by atoms with Gasteiger partial charge in [-0.3, -0.25) is 4.79 Å². The van der Waals surface area contributed by atoms with Gasteiger partial charge in [-0.2, -0.15) is 0 Å². The first-order valence-corrected chi connectivity index (χ1v) is 9.12. The van der Waals surface area contributed by atoms with E-state index in [9.17, 15) is 9.90 Å². The summed E-state index contributed by atoms with van der Waals surface area (Å²) >= 11 is 0. The SMILES string of the molecule is C[C@H](O)[C@H]1CC[C@@H]2[C@@H]3CCC4=C(CCC(=O)C4)C3=CC[C@]12C. The largest absolute Gasteiger partial charge is 0.393 e. The lowest BCUT2D eigenvalue weighted by atomic mass is 9.57. The molecule has 0 spiro atoms. The Hall–Kier alpha value is -0.890. The molecule has 0 aromatic heterocycles. The third kappa shape index (κ3) is 1.99. The quantitative estimate of drug-likeness (QED) is 0.788. The third-order valence-electron chi connectivity index (χ3n) is 7.31. The van der Waals surface area contributed by atoms with E-state index in [1.165, 1.54) is 24.8 Å². The first-order chi connectivity index (χ1) is 10.5. The molecule has 0 saturated heterocycles. The minimum atomic E-state index is -0.185. The molecule has 4 rings (SSSR count). The van der Waals surface area contributed by atoms with E-state index in [-0.39, 0.29) is 11.5 Å². The average Bonchev–Trinajstić information content (AvgIpc) is 2.84. The zero-order chi connectivity index (χ0) is 15.5. The fraction of sp³-hybridized carbons (Fsp3) is 0.750. The summed E-state index contributed by atoms with van der Waals surface area (Å²) in [5.74, 6) is 2.32. The van der Waals surface area contributed by atoms with Crippen LogP contribution in [0.25, 0.3) is 0 Å². The molecule has 0 heterocycles. The molecule has 2 heteroatoms. The van der Waals surface area contributed by atoms with Gasteiger partial charge in [0.1, 0.15) is 5.78 Å². The Balaban J connectivity index is 1.69. The Bertz CT molecular complexity index is 568. The van der Waals surface area contributed by atoms with Gasteiger partial charge in [0.25, 0.3) is 0 Å². The highest BCUT2D eigenvalue weighted by Crippen LogP contribution is 2.61. The first kappa shape index (κ1) is 14.7. The normalized spacial score (nSPS) is 42.4. The van der Waals surface area contributed by atoms with Gasteiger partial charge in [0.05, 0.1) is 6.10 Å². The lowest BCUT2D eigenvalue weighted by Gasteiger charge is -2.48. The molecule has 1 fully saturated rings. The molecule has 120 valence electrons. The van der Waals surface area contributed by atoms with Crippen molar-refractivity contribution in [2.24, 2.45) is 23.2 Å². The molecule has 1 saturated carbocycles. The van der Waals surface area contributed by atoms with E-state index in [0.29, 0.717) is 17.6 Å². The van der Waals surface area contributed by atoms with Crippen LogP contribution < -0.4 is 0 Å². The highest BCUT2D eigenvalue weighted by Gasteiger charge is 2.53. The summed E-state index contributed by atoms with van der Waals surface area (Å²) in [4.78, 5) is 11.7. The van der Waals surface area contributed by atoms with E-state index in [0.717, 1.165) is 38.0 Å². The Labute approximate surface area is 133 Å². The molecular weight excluding hydrogens is 272 g/mol. The molecule has 0 aromatic carbocycles. The smallest absolute Gasteiger partial charge is 0.137 e. The molecule has 0 bridgehead atoms. The highest BCUT2D eigenvalue weighted by molar-refractivity contribution is 5.83. The van der Waals surface area contributed by atoms with Crippen molar-refractivity contribution in [1.29, 1.82) is 0 Å². The van der Waals surface area contributed by atoms with Gasteiger partial charge in [0.2, 0.25) is 0 Å². The summed E-state index contributed by atoms with van der Waals surface area (Å²) in [6.45, 7) is 4.40. The van der Waals surface area contributed by atoms with Crippen LogP contribution in [-0.4, -0.2) is 17.0 Å². The summed E-state index contributed by atoms with van der Waals surface area (Å²) in [5.41, 5.74) is 4.89. The molecule has 5 atom stereocenters. The number of carbonyl (C=O) groups is 1. The second kappa shape index (κ2) is 5.06. The maximum atomic E-state index is 11.7. The number of rotatable bonds is 1. The van der Waals surface area contributed by atoms with E-state index in [2.05, 4.69) is 13.0 Å². The van der Waals surface area contributed by atoms with Gasteiger partial charge >= 0.3 is 0 Å². The van der Waals surface area contributed by atoms with Crippen LogP contribution in [-0.2, 0) is 4.79 Å². The number of aliphatic hydroxyl groups is 1. The molecule has 4 aliphatic rings. The van der Waals surface area contributed by atoms with Crippen LogP contribution in [0.2, 0.25) is 0 Å².